The number of amides is 1. The molecule has 3 N–H and O–H groups in total. The van der Waals surface area contributed by atoms with E-state index in [-0.39, 0.29) is 17.2 Å². The topological polar surface area (TPSA) is 55.1 Å². The summed E-state index contributed by atoms with van der Waals surface area (Å²) < 4.78 is 0. The lowest BCUT2D eigenvalue weighted by atomic mass is 9.74. The van der Waals surface area contributed by atoms with E-state index in [9.17, 15) is 4.79 Å². The number of carbonyl (C=O) groups is 1. The summed E-state index contributed by atoms with van der Waals surface area (Å²) in [6.07, 6.45) is 9.73. The molecule has 0 aromatic heterocycles. The van der Waals surface area contributed by atoms with E-state index in [4.69, 9.17) is 5.73 Å². The SMILES string of the molecule is CC1CCCC1C(=O)NCC1(CN)CCCCC1. The number of nitrogens with one attached hydrogen (secondary N) is 1. The van der Waals surface area contributed by atoms with Gasteiger partial charge in [-0.25, -0.2) is 0 Å². The molecule has 2 fully saturated rings. The van der Waals surface area contributed by atoms with Gasteiger partial charge in [-0.1, -0.05) is 32.6 Å². The van der Waals surface area contributed by atoms with Gasteiger partial charge in [-0.3, -0.25) is 4.79 Å². The molecule has 3 nitrogen and oxygen atoms in total. The van der Waals surface area contributed by atoms with Crippen LogP contribution in [0.25, 0.3) is 0 Å². The van der Waals surface area contributed by atoms with Crippen molar-refractivity contribution in [3.05, 3.63) is 0 Å². The van der Waals surface area contributed by atoms with Crippen LogP contribution in [0.3, 0.4) is 0 Å². The highest BCUT2D eigenvalue weighted by Gasteiger charge is 2.34. The van der Waals surface area contributed by atoms with Crippen LogP contribution in [0.2, 0.25) is 0 Å². The van der Waals surface area contributed by atoms with Gasteiger partial charge in [0.05, 0.1) is 0 Å². The van der Waals surface area contributed by atoms with E-state index in [0.29, 0.717) is 12.5 Å². The molecule has 104 valence electrons. The van der Waals surface area contributed by atoms with Crippen molar-refractivity contribution >= 4 is 5.91 Å². The molecule has 0 aliphatic heterocycles. The Morgan fingerprint density at radius 1 is 1.22 bits per heavy atom. The van der Waals surface area contributed by atoms with E-state index >= 15 is 0 Å². The minimum absolute atomic E-state index is 0.190. The summed E-state index contributed by atoms with van der Waals surface area (Å²) in [6, 6.07) is 0. The number of rotatable bonds is 4. The third-order valence-corrected chi connectivity index (χ3v) is 5.18. The van der Waals surface area contributed by atoms with Crippen molar-refractivity contribution in [1.82, 2.24) is 5.32 Å². The van der Waals surface area contributed by atoms with E-state index in [1.165, 1.54) is 44.9 Å². The maximum atomic E-state index is 12.2. The predicted octanol–water partition coefficient (Wildman–Crippen LogP) is 2.45. The zero-order valence-electron chi connectivity index (χ0n) is 11.7. The fourth-order valence-electron chi connectivity index (χ4n) is 3.70. The van der Waals surface area contributed by atoms with Crippen molar-refractivity contribution in [2.75, 3.05) is 13.1 Å². The summed E-state index contributed by atoms with van der Waals surface area (Å²) in [6.45, 7) is 3.72. The number of carbonyl (C=O) groups excluding carboxylic acids is 1. The average Bonchev–Trinajstić information content (AvgIpc) is 2.83. The molecule has 3 heteroatoms. The van der Waals surface area contributed by atoms with Gasteiger partial charge in [0.1, 0.15) is 0 Å². The minimum atomic E-state index is 0.190. The summed E-state index contributed by atoms with van der Waals surface area (Å²) in [5.41, 5.74) is 6.14. The van der Waals surface area contributed by atoms with Crippen LogP contribution in [0.5, 0.6) is 0 Å². The molecular formula is C15H28N2O. The van der Waals surface area contributed by atoms with Gasteiger partial charge in [-0.15, -0.1) is 0 Å². The second-order valence-electron chi connectivity index (χ2n) is 6.50. The quantitative estimate of drug-likeness (QED) is 0.807. The van der Waals surface area contributed by atoms with E-state index in [0.717, 1.165) is 13.0 Å². The van der Waals surface area contributed by atoms with Gasteiger partial charge in [0.2, 0.25) is 5.91 Å². The van der Waals surface area contributed by atoms with Crippen LogP contribution in [0.4, 0.5) is 0 Å². The molecule has 0 bridgehead atoms. The second kappa shape index (κ2) is 6.05. The predicted molar refractivity (Wildman–Crippen MR) is 74.1 cm³/mol. The van der Waals surface area contributed by atoms with Crippen LogP contribution in [0.15, 0.2) is 0 Å². The van der Waals surface area contributed by atoms with E-state index in [2.05, 4.69) is 12.2 Å². The lowest BCUT2D eigenvalue weighted by Crippen LogP contribution is -2.45. The highest BCUT2D eigenvalue weighted by molar-refractivity contribution is 5.79. The minimum Gasteiger partial charge on any atom is -0.355 e. The maximum absolute atomic E-state index is 12.2. The molecule has 0 spiro atoms. The van der Waals surface area contributed by atoms with Crippen LogP contribution in [0, 0.1) is 17.3 Å². The molecule has 18 heavy (non-hydrogen) atoms. The molecule has 0 aromatic carbocycles. The lowest BCUT2D eigenvalue weighted by molar-refractivity contribution is -0.126. The Bertz CT molecular complexity index is 284. The largest absolute Gasteiger partial charge is 0.355 e. The number of nitrogens with two attached hydrogens (primary N) is 1. The van der Waals surface area contributed by atoms with Crippen molar-refractivity contribution in [2.45, 2.75) is 58.3 Å². The molecule has 2 aliphatic carbocycles. The average molecular weight is 252 g/mol. The molecule has 0 aromatic rings. The third-order valence-electron chi connectivity index (χ3n) is 5.18. The first-order valence-electron chi connectivity index (χ1n) is 7.65. The third kappa shape index (κ3) is 3.05. The summed E-state index contributed by atoms with van der Waals surface area (Å²) in [5.74, 6) is 1.09. The Labute approximate surface area is 111 Å². The van der Waals surface area contributed by atoms with Crippen molar-refractivity contribution in [3.63, 3.8) is 0 Å². The van der Waals surface area contributed by atoms with Gasteiger partial charge in [0.25, 0.3) is 0 Å². The Balaban J connectivity index is 1.83. The maximum Gasteiger partial charge on any atom is 0.223 e. The van der Waals surface area contributed by atoms with Crippen LogP contribution >= 0.6 is 0 Å². The molecule has 0 heterocycles. The van der Waals surface area contributed by atoms with Gasteiger partial charge in [-0.05, 0) is 43.6 Å². The van der Waals surface area contributed by atoms with Gasteiger partial charge in [0, 0.05) is 12.5 Å². The van der Waals surface area contributed by atoms with E-state index in [1.807, 2.05) is 0 Å². The monoisotopic (exact) mass is 252 g/mol. The first kappa shape index (κ1) is 13.9. The van der Waals surface area contributed by atoms with Crippen molar-refractivity contribution in [2.24, 2.45) is 23.0 Å². The molecule has 2 saturated carbocycles. The standard InChI is InChI=1S/C15H28N2O/c1-12-6-5-7-13(12)14(18)17-11-15(10-16)8-3-2-4-9-15/h12-13H,2-11,16H2,1H3,(H,17,18). The zero-order valence-corrected chi connectivity index (χ0v) is 11.7. The van der Waals surface area contributed by atoms with Crippen molar-refractivity contribution in [3.8, 4) is 0 Å². The highest BCUT2D eigenvalue weighted by Crippen LogP contribution is 2.35. The zero-order chi connectivity index (χ0) is 13.0. The molecule has 2 aliphatic rings. The molecule has 2 unspecified atom stereocenters. The Morgan fingerprint density at radius 3 is 2.50 bits per heavy atom. The van der Waals surface area contributed by atoms with Crippen molar-refractivity contribution in [1.29, 1.82) is 0 Å². The smallest absolute Gasteiger partial charge is 0.223 e. The molecule has 0 radical (unpaired) electrons. The van der Waals surface area contributed by atoms with Gasteiger partial charge in [-0.2, -0.15) is 0 Å². The molecule has 2 atom stereocenters. The van der Waals surface area contributed by atoms with E-state index < -0.39 is 0 Å². The highest BCUT2D eigenvalue weighted by atomic mass is 16.1. The molecule has 0 saturated heterocycles. The van der Waals surface area contributed by atoms with Crippen molar-refractivity contribution < 1.29 is 4.79 Å². The first-order chi connectivity index (χ1) is 8.67. The molecule has 1 amide bonds. The van der Waals surface area contributed by atoms with Crippen LogP contribution in [0.1, 0.15) is 58.3 Å². The first-order valence-corrected chi connectivity index (χ1v) is 7.65. The van der Waals surface area contributed by atoms with Crippen LogP contribution < -0.4 is 11.1 Å². The fourth-order valence-corrected chi connectivity index (χ4v) is 3.70. The normalized spacial score (nSPS) is 31.2. The Morgan fingerprint density at radius 2 is 1.94 bits per heavy atom. The second-order valence-corrected chi connectivity index (χ2v) is 6.50. The van der Waals surface area contributed by atoms with Crippen LogP contribution in [-0.2, 0) is 4.79 Å². The lowest BCUT2D eigenvalue weighted by Gasteiger charge is -2.36. The summed E-state index contributed by atoms with van der Waals surface area (Å²) in [7, 11) is 0. The van der Waals surface area contributed by atoms with E-state index in [1.54, 1.807) is 0 Å². The molecule has 2 rings (SSSR count). The summed E-state index contributed by atoms with van der Waals surface area (Å²) >= 11 is 0. The van der Waals surface area contributed by atoms with Gasteiger partial charge < -0.3 is 11.1 Å². The van der Waals surface area contributed by atoms with Gasteiger partial charge in [0.15, 0.2) is 0 Å². The van der Waals surface area contributed by atoms with Gasteiger partial charge >= 0.3 is 0 Å². The summed E-state index contributed by atoms with van der Waals surface area (Å²) in [4.78, 5) is 12.2. The summed E-state index contributed by atoms with van der Waals surface area (Å²) in [5, 5.41) is 3.20. The molecular weight excluding hydrogens is 224 g/mol. The number of hydrogen-bond donors (Lipinski definition) is 2. The Hall–Kier alpha value is -0.570. The Kier molecular flexibility index (Phi) is 4.66. The number of hydrogen-bond acceptors (Lipinski definition) is 2. The fraction of sp³-hybridized carbons (Fsp3) is 0.933. The van der Waals surface area contributed by atoms with Crippen LogP contribution in [-0.4, -0.2) is 19.0 Å².